The molecule has 0 aliphatic heterocycles. The topological polar surface area (TPSA) is 40.1 Å². The molecule has 2 nitrogen and oxygen atoms in total. The van der Waals surface area contributed by atoms with Crippen molar-refractivity contribution in [3.8, 4) is 11.5 Å². The van der Waals surface area contributed by atoms with Crippen molar-refractivity contribution in [3.63, 3.8) is 0 Å². The second-order valence-electron chi connectivity index (χ2n) is 4.57. The van der Waals surface area contributed by atoms with Crippen molar-refractivity contribution in [2.45, 2.75) is 0 Å². The van der Waals surface area contributed by atoms with E-state index in [1.165, 1.54) is 0 Å². The second-order valence-corrected chi connectivity index (χ2v) is 4.57. The summed E-state index contributed by atoms with van der Waals surface area (Å²) in [6.45, 7) is 0. The van der Waals surface area contributed by atoms with E-state index in [4.69, 9.17) is 0 Å². The Balaban J connectivity index is 2.47. The lowest BCUT2D eigenvalue weighted by Gasteiger charge is -2.11. The number of phenols is 1. The molecule has 0 unspecified atom stereocenters. The molecule has 2 heteroatoms. The Morgan fingerprint density at radius 2 is 1.22 bits per heavy atom. The lowest BCUT2D eigenvalue weighted by atomic mass is 9.93. The van der Waals surface area contributed by atoms with Crippen molar-refractivity contribution in [2.24, 2.45) is 0 Å². The zero-order valence-corrected chi connectivity index (χ0v) is 9.47. The second kappa shape index (κ2) is 3.05. The highest BCUT2D eigenvalue weighted by Gasteiger charge is 2.12. The fourth-order valence-electron chi connectivity index (χ4n) is 2.76. The molecule has 0 spiro atoms. The van der Waals surface area contributed by atoms with Gasteiger partial charge in [0.05, 0.1) is 0 Å². The van der Waals surface area contributed by atoms with Gasteiger partial charge in [0.25, 0.3) is 0 Å². The van der Waals surface area contributed by atoms with Gasteiger partial charge in [-0.15, -0.1) is 0 Å². The number of hydrogen-bond donors (Lipinski definition) is 1. The van der Waals surface area contributed by atoms with E-state index in [-0.39, 0.29) is 11.5 Å². The van der Waals surface area contributed by atoms with Gasteiger partial charge in [-0.25, -0.2) is 0 Å². The standard InChI is InChI=1S/C16H9O2/c17-13-8-4-10-2-6-12-14(18)7-3-9-1-5-11(13)16(10)15(9)12/h1-8,17H. The first-order valence-corrected chi connectivity index (χ1v) is 5.82. The molecule has 0 atom stereocenters. The van der Waals surface area contributed by atoms with E-state index >= 15 is 0 Å². The van der Waals surface area contributed by atoms with Crippen LogP contribution in [-0.4, -0.2) is 5.11 Å². The molecule has 0 fully saturated rings. The highest BCUT2D eigenvalue weighted by atomic mass is 16.3. The molecule has 18 heavy (non-hydrogen) atoms. The molecular formula is C16H9O2. The van der Waals surface area contributed by atoms with Gasteiger partial charge < -0.3 is 5.11 Å². The fraction of sp³-hybridized carbons (Fsp3) is 0. The first-order valence-electron chi connectivity index (χ1n) is 5.82. The third-order valence-electron chi connectivity index (χ3n) is 3.60. The van der Waals surface area contributed by atoms with Gasteiger partial charge >= 0.3 is 0 Å². The van der Waals surface area contributed by atoms with Crippen molar-refractivity contribution in [3.05, 3.63) is 48.5 Å². The molecule has 0 saturated heterocycles. The summed E-state index contributed by atoms with van der Waals surface area (Å²) >= 11 is 0. The highest BCUT2D eigenvalue weighted by molar-refractivity contribution is 6.25. The molecular weight excluding hydrogens is 224 g/mol. The maximum Gasteiger partial charge on any atom is 0.186 e. The van der Waals surface area contributed by atoms with Gasteiger partial charge in [0.1, 0.15) is 5.75 Å². The zero-order valence-electron chi connectivity index (χ0n) is 9.47. The van der Waals surface area contributed by atoms with Crippen LogP contribution in [-0.2, 0) is 5.11 Å². The molecule has 0 heterocycles. The summed E-state index contributed by atoms with van der Waals surface area (Å²) in [5.41, 5.74) is 0. The Hall–Kier alpha value is -2.48. The van der Waals surface area contributed by atoms with Crippen molar-refractivity contribution in [1.82, 2.24) is 0 Å². The monoisotopic (exact) mass is 233 g/mol. The molecule has 0 aromatic heterocycles. The largest absolute Gasteiger partial charge is 0.507 e. The van der Waals surface area contributed by atoms with Crippen LogP contribution < -0.4 is 0 Å². The molecule has 0 bridgehead atoms. The summed E-state index contributed by atoms with van der Waals surface area (Å²) in [5, 5.41) is 27.4. The van der Waals surface area contributed by atoms with Gasteiger partial charge in [-0.2, -0.15) is 0 Å². The van der Waals surface area contributed by atoms with E-state index in [2.05, 4.69) is 0 Å². The summed E-state index contributed by atoms with van der Waals surface area (Å²) in [4.78, 5) is 0. The molecule has 0 aliphatic rings. The van der Waals surface area contributed by atoms with E-state index in [0.717, 1.165) is 32.3 Å². The van der Waals surface area contributed by atoms with Gasteiger partial charge in [0, 0.05) is 21.5 Å². The normalized spacial score (nSPS) is 11.8. The van der Waals surface area contributed by atoms with E-state index in [1.807, 2.05) is 36.4 Å². The van der Waals surface area contributed by atoms with Crippen molar-refractivity contribution < 1.29 is 10.2 Å². The summed E-state index contributed by atoms with van der Waals surface area (Å²) in [6, 6.07) is 14.7. The third-order valence-corrected chi connectivity index (χ3v) is 3.60. The Kier molecular flexibility index (Phi) is 1.61. The summed E-state index contributed by atoms with van der Waals surface area (Å²) in [6.07, 6.45) is 0. The molecule has 4 rings (SSSR count). The fourth-order valence-corrected chi connectivity index (χ4v) is 2.76. The summed E-state index contributed by atoms with van der Waals surface area (Å²) in [5.74, 6) is 0.286. The average Bonchev–Trinajstić information content (AvgIpc) is 2.40. The maximum absolute atomic E-state index is 11.9. The van der Waals surface area contributed by atoms with E-state index in [0.29, 0.717) is 0 Å². The van der Waals surface area contributed by atoms with Gasteiger partial charge in [0.2, 0.25) is 0 Å². The number of aromatic hydroxyl groups is 1. The number of benzene rings is 4. The zero-order chi connectivity index (χ0) is 12.3. The van der Waals surface area contributed by atoms with Crippen LogP contribution in [0.2, 0.25) is 0 Å². The van der Waals surface area contributed by atoms with Crippen molar-refractivity contribution >= 4 is 32.3 Å². The van der Waals surface area contributed by atoms with Gasteiger partial charge in [0.15, 0.2) is 5.75 Å². The Bertz CT molecular complexity index is 818. The average molecular weight is 233 g/mol. The lowest BCUT2D eigenvalue weighted by Crippen LogP contribution is -1.84. The predicted molar refractivity (Wildman–Crippen MR) is 71.9 cm³/mol. The Morgan fingerprint density at radius 1 is 0.667 bits per heavy atom. The van der Waals surface area contributed by atoms with Crippen LogP contribution in [0.15, 0.2) is 48.5 Å². The van der Waals surface area contributed by atoms with Gasteiger partial charge in [-0.05, 0) is 29.0 Å². The van der Waals surface area contributed by atoms with Crippen LogP contribution in [0.1, 0.15) is 0 Å². The number of hydrogen-bond acceptors (Lipinski definition) is 1. The van der Waals surface area contributed by atoms with E-state index in [1.54, 1.807) is 12.1 Å². The molecule has 0 saturated carbocycles. The minimum atomic E-state index is 0.0280. The van der Waals surface area contributed by atoms with Crippen molar-refractivity contribution in [1.29, 1.82) is 0 Å². The first-order chi connectivity index (χ1) is 8.75. The van der Waals surface area contributed by atoms with Crippen LogP contribution in [0.25, 0.3) is 32.3 Å². The van der Waals surface area contributed by atoms with Crippen LogP contribution in [0.5, 0.6) is 11.5 Å². The summed E-state index contributed by atoms with van der Waals surface area (Å²) in [7, 11) is 0. The van der Waals surface area contributed by atoms with Gasteiger partial charge in [-0.3, -0.25) is 5.11 Å². The van der Waals surface area contributed by atoms with Crippen LogP contribution in [0.3, 0.4) is 0 Å². The molecule has 4 aromatic rings. The predicted octanol–water partition coefficient (Wildman–Crippen LogP) is 4.43. The van der Waals surface area contributed by atoms with E-state index in [9.17, 15) is 10.2 Å². The first kappa shape index (κ1) is 9.54. The Morgan fingerprint density at radius 3 is 2.00 bits per heavy atom. The molecule has 0 amide bonds. The quantitative estimate of drug-likeness (QED) is 0.448. The molecule has 1 N–H and O–H groups in total. The molecule has 0 aliphatic carbocycles. The minimum absolute atomic E-state index is 0.0280. The molecule has 4 aromatic carbocycles. The summed E-state index contributed by atoms with van der Waals surface area (Å²) < 4.78 is 0. The Labute approximate surface area is 103 Å². The smallest absolute Gasteiger partial charge is 0.186 e. The van der Waals surface area contributed by atoms with Crippen molar-refractivity contribution in [2.75, 3.05) is 0 Å². The SMILES string of the molecule is [O]c1ccc2ccc3c(O)ccc4ccc1c2c43. The van der Waals surface area contributed by atoms with Gasteiger partial charge in [-0.1, -0.05) is 30.3 Å². The van der Waals surface area contributed by atoms with Crippen LogP contribution in [0.4, 0.5) is 0 Å². The van der Waals surface area contributed by atoms with Crippen LogP contribution in [0, 0.1) is 0 Å². The maximum atomic E-state index is 11.9. The lowest BCUT2D eigenvalue weighted by molar-refractivity contribution is 0.360. The van der Waals surface area contributed by atoms with E-state index < -0.39 is 0 Å². The van der Waals surface area contributed by atoms with Crippen LogP contribution >= 0.6 is 0 Å². The number of phenolic OH excluding ortho intramolecular Hbond substituents is 1. The number of rotatable bonds is 0. The molecule has 85 valence electrons. The molecule has 1 radical (unpaired) electrons. The highest BCUT2D eigenvalue weighted by Crippen LogP contribution is 2.40. The third kappa shape index (κ3) is 1.02. The minimum Gasteiger partial charge on any atom is -0.507 e.